The molecule has 0 aromatic rings. The number of allylic oxidation sites excluding steroid dienone is 1. The highest BCUT2D eigenvalue weighted by Crippen LogP contribution is 2.08. The first-order valence-corrected chi connectivity index (χ1v) is 5.55. The lowest BCUT2D eigenvalue weighted by molar-refractivity contribution is -0.121. The van der Waals surface area contributed by atoms with Crippen LogP contribution < -0.4 is 0 Å². The lowest BCUT2D eigenvalue weighted by Crippen LogP contribution is -2.13. The summed E-state index contributed by atoms with van der Waals surface area (Å²) in [4.78, 5) is 23.2. The van der Waals surface area contributed by atoms with Crippen molar-refractivity contribution >= 4 is 11.6 Å². The average molecular weight is 212 g/mol. The van der Waals surface area contributed by atoms with Crippen molar-refractivity contribution in [3.05, 3.63) is 11.8 Å². The Morgan fingerprint density at radius 3 is 1.80 bits per heavy atom. The molecule has 0 bridgehead atoms. The largest absolute Gasteiger partial charge is 0.501 e. The summed E-state index contributed by atoms with van der Waals surface area (Å²) in [7, 11) is 0. The number of carbonyl (C=O) groups is 2. The predicted octanol–water partition coefficient (Wildman–Crippen LogP) is 2.65. The lowest BCUT2D eigenvalue weighted by atomic mass is 10.0. The lowest BCUT2D eigenvalue weighted by Gasteiger charge is -2.04. The van der Waals surface area contributed by atoms with E-state index in [9.17, 15) is 9.59 Å². The zero-order chi connectivity index (χ0) is 11.7. The first-order chi connectivity index (χ1) is 7.17. The van der Waals surface area contributed by atoms with Gasteiger partial charge in [0.2, 0.25) is 0 Å². The molecule has 0 aliphatic rings. The van der Waals surface area contributed by atoms with E-state index in [1.54, 1.807) is 0 Å². The maximum atomic E-state index is 11.6. The van der Waals surface area contributed by atoms with Gasteiger partial charge < -0.3 is 4.74 Å². The maximum absolute atomic E-state index is 11.6. The molecule has 86 valence electrons. The van der Waals surface area contributed by atoms with Gasteiger partial charge in [0.1, 0.15) is 0 Å². The molecule has 0 atom stereocenters. The van der Waals surface area contributed by atoms with Crippen molar-refractivity contribution in [2.24, 2.45) is 0 Å². The van der Waals surface area contributed by atoms with E-state index in [0.717, 1.165) is 12.8 Å². The molecule has 0 heterocycles. The third-order valence-corrected chi connectivity index (χ3v) is 1.92. The number of hydrogen-bond donors (Lipinski definition) is 0. The number of ketones is 2. The van der Waals surface area contributed by atoms with Crippen LogP contribution in [0.25, 0.3) is 0 Å². The Hall–Kier alpha value is -1.12. The summed E-state index contributed by atoms with van der Waals surface area (Å²) < 4.78 is 5.03. The molecule has 0 amide bonds. The van der Waals surface area contributed by atoms with Crippen LogP contribution in [-0.2, 0) is 14.3 Å². The molecule has 15 heavy (non-hydrogen) atoms. The standard InChI is InChI=1S/C12H20O3/c1-4-7-11(13)10(9-15-6-3)12(14)8-5-2/h9H,4-8H2,1-3H3. The number of hydrogen-bond acceptors (Lipinski definition) is 3. The average Bonchev–Trinajstić information content (AvgIpc) is 2.19. The first kappa shape index (κ1) is 13.9. The fourth-order valence-corrected chi connectivity index (χ4v) is 1.18. The molecule has 0 aromatic heterocycles. The Morgan fingerprint density at radius 1 is 1.00 bits per heavy atom. The molecule has 0 rings (SSSR count). The summed E-state index contributed by atoms with van der Waals surface area (Å²) in [5.41, 5.74) is 0.223. The van der Waals surface area contributed by atoms with Gasteiger partial charge in [0.25, 0.3) is 0 Å². The Balaban J connectivity index is 4.57. The van der Waals surface area contributed by atoms with Crippen molar-refractivity contribution in [3.8, 4) is 0 Å². The van der Waals surface area contributed by atoms with E-state index in [1.165, 1.54) is 6.26 Å². The highest BCUT2D eigenvalue weighted by molar-refractivity contribution is 6.19. The molecular weight excluding hydrogens is 192 g/mol. The van der Waals surface area contributed by atoms with E-state index < -0.39 is 0 Å². The highest BCUT2D eigenvalue weighted by atomic mass is 16.5. The zero-order valence-electron chi connectivity index (χ0n) is 9.84. The third-order valence-electron chi connectivity index (χ3n) is 1.92. The summed E-state index contributed by atoms with van der Waals surface area (Å²) in [5, 5.41) is 0. The van der Waals surface area contributed by atoms with E-state index in [1.807, 2.05) is 20.8 Å². The molecule has 0 saturated heterocycles. The minimum Gasteiger partial charge on any atom is -0.501 e. The zero-order valence-corrected chi connectivity index (χ0v) is 9.84. The molecule has 0 unspecified atom stereocenters. The van der Waals surface area contributed by atoms with Crippen LogP contribution in [0.4, 0.5) is 0 Å². The Kier molecular flexibility index (Phi) is 7.60. The fourth-order valence-electron chi connectivity index (χ4n) is 1.18. The summed E-state index contributed by atoms with van der Waals surface area (Å²) in [6, 6.07) is 0. The minimum atomic E-state index is -0.107. The summed E-state index contributed by atoms with van der Waals surface area (Å²) in [5.74, 6) is -0.214. The quantitative estimate of drug-likeness (QED) is 0.269. The van der Waals surface area contributed by atoms with Crippen molar-refractivity contribution in [2.75, 3.05) is 6.61 Å². The van der Waals surface area contributed by atoms with Crippen LogP contribution in [0.15, 0.2) is 11.8 Å². The molecular formula is C12H20O3. The topological polar surface area (TPSA) is 43.4 Å². The Bertz CT molecular complexity index is 221. The van der Waals surface area contributed by atoms with Crippen molar-refractivity contribution in [3.63, 3.8) is 0 Å². The van der Waals surface area contributed by atoms with Crippen molar-refractivity contribution in [1.82, 2.24) is 0 Å². The van der Waals surface area contributed by atoms with Gasteiger partial charge in [0, 0.05) is 12.8 Å². The summed E-state index contributed by atoms with van der Waals surface area (Å²) in [6.45, 7) is 6.13. The second-order valence-electron chi connectivity index (χ2n) is 3.33. The number of rotatable bonds is 8. The van der Waals surface area contributed by atoms with Gasteiger partial charge in [-0.25, -0.2) is 0 Å². The van der Waals surface area contributed by atoms with Gasteiger partial charge in [-0.15, -0.1) is 0 Å². The third kappa shape index (κ3) is 5.35. The van der Waals surface area contributed by atoms with E-state index in [2.05, 4.69) is 0 Å². The number of carbonyl (C=O) groups excluding carboxylic acids is 2. The van der Waals surface area contributed by atoms with Gasteiger partial charge in [-0.1, -0.05) is 13.8 Å². The molecule has 0 fully saturated rings. The van der Waals surface area contributed by atoms with Crippen LogP contribution >= 0.6 is 0 Å². The fraction of sp³-hybridized carbons (Fsp3) is 0.667. The molecule has 0 radical (unpaired) electrons. The molecule has 3 nitrogen and oxygen atoms in total. The van der Waals surface area contributed by atoms with Gasteiger partial charge in [-0.2, -0.15) is 0 Å². The number of Topliss-reactive ketones (excluding diaryl/α,β-unsaturated/α-hetero) is 2. The second kappa shape index (κ2) is 8.21. The second-order valence-corrected chi connectivity index (χ2v) is 3.33. The SMILES string of the molecule is CCCC(=O)C(=COCC)C(=O)CCC. The maximum Gasteiger partial charge on any atom is 0.169 e. The van der Waals surface area contributed by atoms with E-state index in [4.69, 9.17) is 4.74 Å². The van der Waals surface area contributed by atoms with Gasteiger partial charge in [-0.3, -0.25) is 9.59 Å². The van der Waals surface area contributed by atoms with Crippen LogP contribution in [0.3, 0.4) is 0 Å². The number of ether oxygens (including phenoxy) is 1. The first-order valence-electron chi connectivity index (χ1n) is 5.55. The highest BCUT2D eigenvalue weighted by Gasteiger charge is 2.16. The monoisotopic (exact) mass is 212 g/mol. The van der Waals surface area contributed by atoms with Crippen LogP contribution in [0.1, 0.15) is 46.5 Å². The Morgan fingerprint density at radius 2 is 1.47 bits per heavy atom. The minimum absolute atomic E-state index is 0.107. The smallest absolute Gasteiger partial charge is 0.169 e. The van der Waals surface area contributed by atoms with E-state index in [-0.39, 0.29) is 17.1 Å². The molecule has 0 spiro atoms. The van der Waals surface area contributed by atoms with E-state index >= 15 is 0 Å². The molecule has 0 saturated carbocycles. The van der Waals surface area contributed by atoms with Gasteiger partial charge >= 0.3 is 0 Å². The van der Waals surface area contributed by atoms with Crippen molar-refractivity contribution < 1.29 is 14.3 Å². The normalized spacial score (nSPS) is 9.53. The van der Waals surface area contributed by atoms with Crippen LogP contribution in [0, 0.1) is 0 Å². The molecule has 0 N–H and O–H groups in total. The Labute approximate surface area is 91.5 Å². The predicted molar refractivity (Wildman–Crippen MR) is 59.5 cm³/mol. The van der Waals surface area contributed by atoms with Gasteiger partial charge in [-0.05, 0) is 19.8 Å². The molecule has 0 aliphatic carbocycles. The van der Waals surface area contributed by atoms with Crippen molar-refractivity contribution in [2.45, 2.75) is 46.5 Å². The molecule has 0 aromatic carbocycles. The van der Waals surface area contributed by atoms with Crippen LogP contribution in [-0.4, -0.2) is 18.2 Å². The van der Waals surface area contributed by atoms with Crippen molar-refractivity contribution in [1.29, 1.82) is 0 Å². The molecule has 3 heteroatoms. The van der Waals surface area contributed by atoms with Gasteiger partial charge in [0.15, 0.2) is 11.6 Å². The summed E-state index contributed by atoms with van der Waals surface area (Å²) >= 11 is 0. The summed E-state index contributed by atoms with van der Waals surface area (Å²) in [6.07, 6.45) is 3.64. The molecule has 0 aliphatic heterocycles. The van der Waals surface area contributed by atoms with Crippen LogP contribution in [0.5, 0.6) is 0 Å². The van der Waals surface area contributed by atoms with E-state index in [0.29, 0.717) is 19.4 Å². The van der Waals surface area contributed by atoms with Crippen LogP contribution in [0.2, 0.25) is 0 Å². The van der Waals surface area contributed by atoms with Gasteiger partial charge in [0.05, 0.1) is 18.4 Å².